The summed E-state index contributed by atoms with van der Waals surface area (Å²) in [7, 11) is 2.10. The van der Waals surface area contributed by atoms with Gasteiger partial charge in [0, 0.05) is 6.54 Å². The number of carbonyl (C=O) groups is 1. The topological polar surface area (TPSA) is 51.0 Å². The van der Waals surface area contributed by atoms with Crippen LogP contribution in [0.1, 0.15) is 29.4 Å². The zero-order chi connectivity index (χ0) is 9.97. The van der Waals surface area contributed by atoms with E-state index < -0.39 is 0 Å². The molecule has 0 radical (unpaired) electrons. The van der Waals surface area contributed by atoms with Crippen molar-refractivity contribution in [3.05, 3.63) is 11.9 Å². The van der Waals surface area contributed by atoms with E-state index in [0.29, 0.717) is 11.7 Å². The van der Waals surface area contributed by atoms with E-state index in [9.17, 15) is 4.79 Å². The third-order valence-electron chi connectivity index (χ3n) is 2.62. The second-order valence-electron chi connectivity index (χ2n) is 3.80. The van der Waals surface area contributed by atoms with Crippen LogP contribution in [-0.4, -0.2) is 46.3 Å². The molecule has 0 bridgehead atoms. The summed E-state index contributed by atoms with van der Waals surface area (Å²) in [5.41, 5.74) is 0.415. The van der Waals surface area contributed by atoms with Crippen molar-refractivity contribution in [2.24, 2.45) is 0 Å². The van der Waals surface area contributed by atoms with E-state index in [4.69, 9.17) is 0 Å². The van der Waals surface area contributed by atoms with Gasteiger partial charge in [0.05, 0.1) is 12.2 Å². The summed E-state index contributed by atoms with van der Waals surface area (Å²) in [5, 5.41) is 7.72. The van der Waals surface area contributed by atoms with Crippen LogP contribution >= 0.6 is 0 Å². The molecule has 1 unspecified atom stereocenters. The molecule has 0 spiro atoms. The Hall–Kier alpha value is -1.23. The minimum atomic E-state index is 0.370. The zero-order valence-corrected chi connectivity index (χ0v) is 8.26. The molecule has 5 heteroatoms. The van der Waals surface area contributed by atoms with E-state index in [0.717, 1.165) is 25.8 Å². The lowest BCUT2D eigenvalue weighted by atomic mass is 10.1. The molecule has 0 saturated carbocycles. The highest BCUT2D eigenvalue weighted by Gasteiger charge is 2.19. The average molecular weight is 194 g/mol. The fourth-order valence-electron chi connectivity index (χ4n) is 1.88. The SMILES string of the molecule is CN1CCCC(n2cc(C=O)nn2)C1. The van der Waals surface area contributed by atoms with E-state index in [-0.39, 0.29) is 0 Å². The van der Waals surface area contributed by atoms with Crippen LogP contribution in [0.4, 0.5) is 0 Å². The molecule has 2 rings (SSSR count). The number of rotatable bonds is 2. The van der Waals surface area contributed by atoms with Gasteiger partial charge < -0.3 is 4.90 Å². The number of likely N-dealkylation sites (tertiary alicyclic amines) is 1. The Morgan fingerprint density at radius 1 is 1.64 bits per heavy atom. The highest BCUT2D eigenvalue weighted by molar-refractivity contribution is 5.70. The number of nitrogens with zero attached hydrogens (tertiary/aromatic N) is 4. The van der Waals surface area contributed by atoms with Crippen LogP contribution < -0.4 is 0 Å². The first kappa shape index (κ1) is 9.33. The zero-order valence-electron chi connectivity index (χ0n) is 8.26. The van der Waals surface area contributed by atoms with Gasteiger partial charge in [-0.05, 0) is 26.4 Å². The van der Waals surface area contributed by atoms with Crippen LogP contribution in [0.25, 0.3) is 0 Å². The van der Waals surface area contributed by atoms with Crippen molar-refractivity contribution in [1.29, 1.82) is 0 Å². The molecule has 5 nitrogen and oxygen atoms in total. The molecule has 1 fully saturated rings. The van der Waals surface area contributed by atoms with E-state index in [1.165, 1.54) is 6.42 Å². The first-order valence-electron chi connectivity index (χ1n) is 4.85. The molecule has 76 valence electrons. The lowest BCUT2D eigenvalue weighted by Gasteiger charge is -2.29. The number of hydrogen-bond acceptors (Lipinski definition) is 4. The molecule has 1 aromatic rings. The Balaban J connectivity index is 2.09. The van der Waals surface area contributed by atoms with Crippen molar-refractivity contribution in [1.82, 2.24) is 19.9 Å². The van der Waals surface area contributed by atoms with Gasteiger partial charge in [0.2, 0.25) is 0 Å². The van der Waals surface area contributed by atoms with Crippen LogP contribution in [0, 0.1) is 0 Å². The number of aromatic nitrogens is 3. The van der Waals surface area contributed by atoms with E-state index in [1.807, 2.05) is 0 Å². The number of likely N-dealkylation sites (N-methyl/N-ethyl adjacent to an activating group) is 1. The molecule has 1 aliphatic heterocycles. The number of piperidine rings is 1. The average Bonchev–Trinajstić information content (AvgIpc) is 2.66. The second-order valence-corrected chi connectivity index (χ2v) is 3.80. The molecule has 0 amide bonds. The predicted molar refractivity (Wildman–Crippen MR) is 51.2 cm³/mol. The summed E-state index contributed by atoms with van der Waals surface area (Å²) in [4.78, 5) is 12.7. The third kappa shape index (κ3) is 1.82. The number of hydrogen-bond donors (Lipinski definition) is 0. The molecule has 1 aliphatic rings. The highest BCUT2D eigenvalue weighted by Crippen LogP contribution is 2.18. The largest absolute Gasteiger partial charge is 0.304 e. The number of aldehydes is 1. The van der Waals surface area contributed by atoms with Crippen LogP contribution in [0.5, 0.6) is 0 Å². The summed E-state index contributed by atoms with van der Waals surface area (Å²) in [6.45, 7) is 2.13. The van der Waals surface area contributed by atoms with Gasteiger partial charge in [0.25, 0.3) is 0 Å². The summed E-state index contributed by atoms with van der Waals surface area (Å²) in [5.74, 6) is 0. The van der Waals surface area contributed by atoms with Crippen molar-refractivity contribution in [3.8, 4) is 0 Å². The smallest absolute Gasteiger partial charge is 0.171 e. The predicted octanol–water partition coefficient (Wildman–Crippen LogP) is 0.357. The van der Waals surface area contributed by atoms with Crippen molar-refractivity contribution in [2.75, 3.05) is 20.1 Å². The summed E-state index contributed by atoms with van der Waals surface area (Å²) < 4.78 is 1.80. The lowest BCUT2D eigenvalue weighted by Crippen LogP contribution is -2.33. The van der Waals surface area contributed by atoms with Crippen molar-refractivity contribution < 1.29 is 4.79 Å². The van der Waals surface area contributed by atoms with Crippen molar-refractivity contribution in [2.45, 2.75) is 18.9 Å². The summed E-state index contributed by atoms with van der Waals surface area (Å²) >= 11 is 0. The van der Waals surface area contributed by atoms with Crippen LogP contribution in [0.2, 0.25) is 0 Å². The minimum Gasteiger partial charge on any atom is -0.304 e. The first-order chi connectivity index (χ1) is 6.79. The van der Waals surface area contributed by atoms with Gasteiger partial charge in [0.1, 0.15) is 5.69 Å². The third-order valence-corrected chi connectivity index (χ3v) is 2.62. The minimum absolute atomic E-state index is 0.370. The first-order valence-corrected chi connectivity index (χ1v) is 4.85. The Morgan fingerprint density at radius 3 is 3.14 bits per heavy atom. The molecular formula is C9H14N4O. The molecule has 0 aliphatic carbocycles. The van der Waals surface area contributed by atoms with Crippen LogP contribution in [-0.2, 0) is 0 Å². The normalized spacial score (nSPS) is 23.6. The fourth-order valence-corrected chi connectivity index (χ4v) is 1.88. The van der Waals surface area contributed by atoms with E-state index >= 15 is 0 Å². The highest BCUT2D eigenvalue weighted by atomic mass is 16.1. The van der Waals surface area contributed by atoms with Gasteiger partial charge in [-0.1, -0.05) is 5.21 Å². The maximum atomic E-state index is 10.4. The Kier molecular flexibility index (Phi) is 2.58. The van der Waals surface area contributed by atoms with Gasteiger partial charge in [-0.25, -0.2) is 4.68 Å². The molecule has 14 heavy (non-hydrogen) atoms. The van der Waals surface area contributed by atoms with Crippen molar-refractivity contribution >= 4 is 6.29 Å². The Labute approximate surface area is 82.7 Å². The fraction of sp³-hybridized carbons (Fsp3) is 0.667. The van der Waals surface area contributed by atoms with E-state index in [1.54, 1.807) is 10.9 Å². The summed E-state index contributed by atoms with van der Waals surface area (Å²) in [6, 6.07) is 0.370. The molecular weight excluding hydrogens is 180 g/mol. The Bertz CT molecular complexity index is 322. The van der Waals surface area contributed by atoms with Crippen LogP contribution in [0.15, 0.2) is 6.20 Å². The van der Waals surface area contributed by atoms with Gasteiger partial charge in [0.15, 0.2) is 6.29 Å². The summed E-state index contributed by atoms with van der Waals surface area (Å²) in [6.07, 6.45) is 4.75. The van der Waals surface area contributed by atoms with Crippen LogP contribution in [0.3, 0.4) is 0 Å². The molecule has 1 saturated heterocycles. The molecule has 2 heterocycles. The van der Waals surface area contributed by atoms with Gasteiger partial charge in [-0.3, -0.25) is 4.79 Å². The lowest BCUT2D eigenvalue weighted by molar-refractivity contribution is 0.111. The van der Waals surface area contributed by atoms with Crippen molar-refractivity contribution in [3.63, 3.8) is 0 Å². The van der Waals surface area contributed by atoms with Gasteiger partial charge >= 0.3 is 0 Å². The molecule has 0 N–H and O–H groups in total. The van der Waals surface area contributed by atoms with Gasteiger partial charge in [-0.15, -0.1) is 5.10 Å². The Morgan fingerprint density at radius 2 is 2.50 bits per heavy atom. The quantitative estimate of drug-likeness (QED) is 0.638. The standard InChI is InChI=1S/C9H14N4O/c1-12-4-2-3-9(6-12)13-5-8(7-14)10-11-13/h5,7,9H,2-4,6H2,1H3. The maximum absolute atomic E-state index is 10.4. The van der Waals surface area contributed by atoms with E-state index in [2.05, 4.69) is 22.3 Å². The monoisotopic (exact) mass is 194 g/mol. The second kappa shape index (κ2) is 3.88. The molecule has 0 aromatic carbocycles. The molecule has 1 atom stereocenters. The number of carbonyl (C=O) groups excluding carboxylic acids is 1. The van der Waals surface area contributed by atoms with Gasteiger partial charge in [-0.2, -0.15) is 0 Å². The molecule has 1 aromatic heterocycles. The maximum Gasteiger partial charge on any atom is 0.171 e.